The van der Waals surface area contributed by atoms with Gasteiger partial charge in [-0.2, -0.15) is 0 Å². The normalized spacial score (nSPS) is 12.6. The monoisotopic (exact) mass is 918 g/mol. The molecule has 0 aliphatic carbocycles. The average Bonchev–Trinajstić information content (AvgIpc) is 3.31. The number of esters is 1. The Kier molecular flexibility index (Phi) is 54.0. The Morgan fingerprint density at radius 1 is 0.415 bits per heavy atom. The quantitative estimate of drug-likeness (QED) is 0.0321. The van der Waals surface area contributed by atoms with Crippen LogP contribution >= 0.6 is 0 Å². The fraction of sp³-hybridized carbons (Fsp3) is 0.932. The molecular weight excluding hydrogens is 803 g/mol. The number of unbranched alkanes of at least 4 members (excludes halogenated alkanes) is 42. The highest BCUT2D eigenvalue weighted by atomic mass is 16.5. The van der Waals surface area contributed by atoms with Crippen LogP contribution < -0.4 is 5.32 Å². The molecule has 6 nitrogen and oxygen atoms in total. The molecule has 0 aromatic heterocycles. The van der Waals surface area contributed by atoms with Crippen LogP contribution in [-0.2, 0) is 14.3 Å². The zero-order chi connectivity index (χ0) is 47.2. The van der Waals surface area contributed by atoms with Gasteiger partial charge >= 0.3 is 5.97 Å². The van der Waals surface area contributed by atoms with E-state index in [4.69, 9.17) is 4.74 Å². The molecule has 2 atom stereocenters. The third-order valence-electron chi connectivity index (χ3n) is 13.8. The summed E-state index contributed by atoms with van der Waals surface area (Å²) in [5.74, 6) is -0.0285. The summed E-state index contributed by atoms with van der Waals surface area (Å²) >= 11 is 0. The largest absolute Gasteiger partial charge is 0.466 e. The van der Waals surface area contributed by atoms with E-state index in [1.165, 1.54) is 250 Å². The summed E-state index contributed by atoms with van der Waals surface area (Å²) in [5.41, 5.74) is 0. The highest BCUT2D eigenvalue weighted by Gasteiger charge is 2.20. The van der Waals surface area contributed by atoms with Crippen LogP contribution in [0.3, 0.4) is 0 Å². The third kappa shape index (κ3) is 51.8. The minimum absolute atomic E-state index is 0.00733. The summed E-state index contributed by atoms with van der Waals surface area (Å²) < 4.78 is 5.48. The number of ether oxygens (including phenoxy) is 1. The van der Waals surface area contributed by atoms with Crippen LogP contribution in [0.5, 0.6) is 0 Å². The molecule has 65 heavy (non-hydrogen) atoms. The van der Waals surface area contributed by atoms with E-state index in [0.717, 1.165) is 44.9 Å². The van der Waals surface area contributed by atoms with Gasteiger partial charge in [0.15, 0.2) is 0 Å². The number of aliphatic hydroxyl groups is 2. The zero-order valence-electron chi connectivity index (χ0n) is 44.0. The Balaban J connectivity index is 3.33. The van der Waals surface area contributed by atoms with Crippen molar-refractivity contribution in [2.45, 2.75) is 341 Å². The van der Waals surface area contributed by atoms with Gasteiger partial charge < -0.3 is 20.3 Å². The van der Waals surface area contributed by atoms with Crippen molar-refractivity contribution < 1.29 is 24.5 Å². The van der Waals surface area contributed by atoms with Crippen molar-refractivity contribution in [1.82, 2.24) is 5.32 Å². The Bertz CT molecular complexity index is 970. The van der Waals surface area contributed by atoms with Crippen LogP contribution in [0.4, 0.5) is 0 Å². The minimum atomic E-state index is -0.661. The van der Waals surface area contributed by atoms with Crippen LogP contribution in [0.25, 0.3) is 0 Å². The standard InChI is InChI=1S/C59H115NO5/c1-3-5-7-9-11-13-14-15-16-27-30-33-37-41-45-49-53-59(64)65-54-50-46-42-38-34-31-28-25-23-21-19-17-18-20-22-24-26-29-32-36-40-44-48-52-58(63)60-56(55-61)57(62)51-47-43-39-35-12-10-8-6-4-2/h16,27,56-57,61-62H,3-15,17-26,28-55H2,1-2H3,(H,60,63)/b27-16-. The molecule has 386 valence electrons. The number of amides is 1. The van der Waals surface area contributed by atoms with Gasteiger partial charge in [-0.3, -0.25) is 9.59 Å². The van der Waals surface area contributed by atoms with Crippen molar-refractivity contribution in [3.05, 3.63) is 12.2 Å². The highest BCUT2D eigenvalue weighted by Crippen LogP contribution is 2.18. The van der Waals surface area contributed by atoms with E-state index < -0.39 is 12.1 Å². The molecule has 0 aromatic carbocycles. The fourth-order valence-corrected chi connectivity index (χ4v) is 9.28. The summed E-state index contributed by atoms with van der Waals surface area (Å²) in [7, 11) is 0. The van der Waals surface area contributed by atoms with Gasteiger partial charge in [-0.15, -0.1) is 0 Å². The zero-order valence-corrected chi connectivity index (χ0v) is 44.0. The number of allylic oxidation sites excluding steroid dienone is 2. The second kappa shape index (κ2) is 55.2. The van der Waals surface area contributed by atoms with Crippen LogP contribution in [0, 0.1) is 0 Å². The summed E-state index contributed by atoms with van der Waals surface area (Å²) in [5, 5.41) is 23.1. The first-order chi connectivity index (χ1) is 32.0. The number of hydrogen-bond acceptors (Lipinski definition) is 5. The van der Waals surface area contributed by atoms with Gasteiger partial charge in [0.2, 0.25) is 5.91 Å². The molecule has 6 heteroatoms. The van der Waals surface area contributed by atoms with Crippen LogP contribution in [0.2, 0.25) is 0 Å². The molecule has 1 amide bonds. The summed E-state index contributed by atoms with van der Waals surface area (Å²) in [6.45, 7) is 4.94. The maximum absolute atomic E-state index is 12.4. The summed E-state index contributed by atoms with van der Waals surface area (Å²) in [6, 6.07) is -0.538. The topological polar surface area (TPSA) is 95.9 Å². The molecule has 0 heterocycles. The average molecular weight is 919 g/mol. The van der Waals surface area contributed by atoms with Gasteiger partial charge in [0, 0.05) is 12.8 Å². The molecule has 0 radical (unpaired) electrons. The van der Waals surface area contributed by atoms with E-state index >= 15 is 0 Å². The van der Waals surface area contributed by atoms with Gasteiger partial charge in [-0.25, -0.2) is 0 Å². The number of nitrogens with one attached hydrogen (secondary N) is 1. The Morgan fingerprint density at radius 3 is 1.09 bits per heavy atom. The predicted octanol–water partition coefficient (Wildman–Crippen LogP) is 18.1. The Labute approximate surface area is 406 Å². The van der Waals surface area contributed by atoms with Gasteiger partial charge in [-0.1, -0.05) is 276 Å². The summed E-state index contributed by atoms with van der Waals surface area (Å²) in [4.78, 5) is 24.5. The van der Waals surface area contributed by atoms with Crippen molar-refractivity contribution in [1.29, 1.82) is 0 Å². The molecule has 0 spiro atoms. The van der Waals surface area contributed by atoms with E-state index in [2.05, 4.69) is 31.3 Å². The molecule has 2 unspecified atom stereocenters. The second-order valence-corrected chi connectivity index (χ2v) is 20.3. The predicted molar refractivity (Wildman–Crippen MR) is 283 cm³/mol. The molecule has 0 fully saturated rings. The molecule has 0 bridgehead atoms. The molecule has 0 saturated heterocycles. The molecule has 0 aliphatic heterocycles. The fourth-order valence-electron chi connectivity index (χ4n) is 9.28. The van der Waals surface area contributed by atoms with E-state index in [1.807, 2.05) is 0 Å². The maximum atomic E-state index is 12.4. The SMILES string of the molecule is CCCCCCCCC/C=C\CCCCCCCC(=O)OCCCCCCCCCCCCCCCCCCCCCCCCCC(=O)NC(CO)C(O)CCCCCCCCCCC. The van der Waals surface area contributed by atoms with E-state index in [9.17, 15) is 19.8 Å². The lowest BCUT2D eigenvalue weighted by molar-refractivity contribution is -0.143. The van der Waals surface area contributed by atoms with Crippen molar-refractivity contribution in [2.24, 2.45) is 0 Å². The van der Waals surface area contributed by atoms with E-state index in [0.29, 0.717) is 25.9 Å². The summed E-state index contributed by atoms with van der Waals surface area (Å²) in [6.07, 6.45) is 65.1. The lowest BCUT2D eigenvalue weighted by atomic mass is 10.0. The minimum Gasteiger partial charge on any atom is -0.466 e. The number of carbonyl (C=O) groups is 2. The van der Waals surface area contributed by atoms with Gasteiger partial charge in [0.1, 0.15) is 0 Å². The van der Waals surface area contributed by atoms with Crippen molar-refractivity contribution in [3.63, 3.8) is 0 Å². The van der Waals surface area contributed by atoms with E-state index in [1.54, 1.807) is 0 Å². The molecule has 3 N–H and O–H groups in total. The lowest BCUT2D eigenvalue weighted by Gasteiger charge is -2.22. The number of hydrogen-bond donors (Lipinski definition) is 3. The van der Waals surface area contributed by atoms with Crippen molar-refractivity contribution in [3.8, 4) is 0 Å². The highest BCUT2D eigenvalue weighted by molar-refractivity contribution is 5.76. The number of carbonyl (C=O) groups excluding carboxylic acids is 2. The Hall–Kier alpha value is -1.40. The number of aliphatic hydroxyl groups excluding tert-OH is 2. The number of rotatable bonds is 55. The van der Waals surface area contributed by atoms with Gasteiger partial charge in [-0.05, 0) is 51.4 Å². The molecule has 0 aromatic rings. The van der Waals surface area contributed by atoms with Crippen molar-refractivity contribution >= 4 is 11.9 Å². The van der Waals surface area contributed by atoms with Crippen molar-refractivity contribution in [2.75, 3.05) is 13.2 Å². The van der Waals surface area contributed by atoms with Crippen LogP contribution in [-0.4, -0.2) is 47.4 Å². The third-order valence-corrected chi connectivity index (χ3v) is 13.8. The van der Waals surface area contributed by atoms with Gasteiger partial charge in [0.25, 0.3) is 0 Å². The second-order valence-electron chi connectivity index (χ2n) is 20.3. The molecule has 0 aliphatic rings. The smallest absolute Gasteiger partial charge is 0.305 e. The Morgan fingerprint density at radius 2 is 0.723 bits per heavy atom. The van der Waals surface area contributed by atoms with E-state index in [-0.39, 0.29) is 18.5 Å². The molecule has 0 saturated carbocycles. The first kappa shape index (κ1) is 63.6. The first-order valence-electron chi connectivity index (χ1n) is 29.4. The van der Waals surface area contributed by atoms with Gasteiger partial charge in [0.05, 0.1) is 25.4 Å². The molecule has 0 rings (SSSR count). The lowest BCUT2D eigenvalue weighted by Crippen LogP contribution is -2.45. The van der Waals surface area contributed by atoms with Crippen LogP contribution in [0.15, 0.2) is 12.2 Å². The van der Waals surface area contributed by atoms with Crippen LogP contribution in [0.1, 0.15) is 328 Å². The first-order valence-corrected chi connectivity index (χ1v) is 29.4. The maximum Gasteiger partial charge on any atom is 0.305 e. The molecular formula is C59H115NO5.